The fourth-order valence-electron chi connectivity index (χ4n) is 1.40. The van der Waals surface area contributed by atoms with Crippen LogP contribution in [0.3, 0.4) is 0 Å². The van der Waals surface area contributed by atoms with E-state index >= 15 is 0 Å². The van der Waals surface area contributed by atoms with Crippen LogP contribution in [0, 0.1) is 0 Å². The highest BCUT2D eigenvalue weighted by Crippen LogP contribution is 2.24. The molecule has 1 unspecified atom stereocenters. The first kappa shape index (κ1) is 9.02. The summed E-state index contributed by atoms with van der Waals surface area (Å²) in [5, 5.41) is 9.11. The molecule has 0 radical (unpaired) electrons. The van der Waals surface area contributed by atoms with Gasteiger partial charge in [-0.1, -0.05) is 12.1 Å². The molecule has 4 nitrogen and oxygen atoms in total. The Morgan fingerprint density at radius 3 is 2.71 bits per heavy atom. The summed E-state index contributed by atoms with van der Waals surface area (Å²) in [6, 6.07) is 6.93. The third-order valence-corrected chi connectivity index (χ3v) is 2.15. The monoisotopic (exact) mass is 192 g/mol. The Morgan fingerprint density at radius 1 is 1.43 bits per heavy atom. The number of aliphatic imine (C=N–C) groups is 1. The Bertz CT molecular complexity index is 346. The van der Waals surface area contributed by atoms with Crippen LogP contribution >= 0.6 is 0 Å². The molecule has 1 aliphatic rings. The van der Waals surface area contributed by atoms with Crippen molar-refractivity contribution in [3.8, 4) is 5.75 Å². The maximum absolute atomic E-state index is 9.11. The fraction of sp³-hybridized carbons (Fsp3) is 0.300. The highest BCUT2D eigenvalue weighted by Gasteiger charge is 2.20. The molecule has 1 heterocycles. The summed E-state index contributed by atoms with van der Waals surface area (Å²) in [6.07, 6.45) is -0.0471. The molecular formula is C10H12N2O2. The molecular weight excluding hydrogens is 180 g/mol. The summed E-state index contributed by atoms with van der Waals surface area (Å²) in [6.45, 7) is 0.950. The van der Waals surface area contributed by atoms with E-state index in [1.807, 2.05) is 12.1 Å². The van der Waals surface area contributed by atoms with Gasteiger partial charge in [0.1, 0.15) is 11.9 Å². The molecule has 74 valence electrons. The lowest BCUT2D eigenvalue weighted by Crippen LogP contribution is -2.14. The summed E-state index contributed by atoms with van der Waals surface area (Å²) in [5.41, 5.74) is 6.41. The first-order chi connectivity index (χ1) is 6.79. The molecule has 0 spiro atoms. The molecule has 0 saturated carbocycles. The van der Waals surface area contributed by atoms with Gasteiger partial charge in [0.15, 0.2) is 5.90 Å². The van der Waals surface area contributed by atoms with Crippen LogP contribution in [0.15, 0.2) is 29.3 Å². The van der Waals surface area contributed by atoms with Crippen molar-refractivity contribution in [1.82, 2.24) is 0 Å². The van der Waals surface area contributed by atoms with E-state index in [9.17, 15) is 0 Å². The second-order valence-corrected chi connectivity index (χ2v) is 3.14. The van der Waals surface area contributed by atoms with Crippen molar-refractivity contribution < 1.29 is 9.84 Å². The van der Waals surface area contributed by atoms with Crippen molar-refractivity contribution >= 4 is 5.90 Å². The standard InChI is InChI=1S/C10H12N2O2/c11-5-10-12-6-9(14-10)7-1-3-8(13)4-2-7/h1-4,9,13H,5-6,11H2. The minimum atomic E-state index is -0.0471. The molecule has 1 aromatic carbocycles. The number of hydrogen-bond donors (Lipinski definition) is 2. The van der Waals surface area contributed by atoms with Crippen LogP contribution in [-0.4, -0.2) is 24.1 Å². The Hall–Kier alpha value is -1.55. The Labute approximate surface area is 82.0 Å². The van der Waals surface area contributed by atoms with Gasteiger partial charge in [-0.2, -0.15) is 0 Å². The number of benzene rings is 1. The second kappa shape index (κ2) is 3.67. The van der Waals surface area contributed by atoms with Gasteiger partial charge in [-0.3, -0.25) is 4.99 Å². The van der Waals surface area contributed by atoms with Crippen molar-refractivity contribution in [2.45, 2.75) is 6.10 Å². The molecule has 1 aliphatic heterocycles. The molecule has 0 fully saturated rings. The van der Waals surface area contributed by atoms with E-state index in [0.717, 1.165) is 5.56 Å². The van der Waals surface area contributed by atoms with Crippen LogP contribution in [0.25, 0.3) is 0 Å². The summed E-state index contributed by atoms with van der Waals surface area (Å²) in [7, 11) is 0. The Kier molecular flexibility index (Phi) is 2.37. The zero-order valence-corrected chi connectivity index (χ0v) is 7.68. The van der Waals surface area contributed by atoms with Crippen molar-refractivity contribution in [2.24, 2.45) is 10.7 Å². The lowest BCUT2D eigenvalue weighted by atomic mass is 10.1. The van der Waals surface area contributed by atoms with Crippen LogP contribution in [0.1, 0.15) is 11.7 Å². The second-order valence-electron chi connectivity index (χ2n) is 3.14. The molecule has 0 saturated heterocycles. The minimum absolute atomic E-state index is 0.0471. The lowest BCUT2D eigenvalue weighted by molar-refractivity contribution is 0.226. The number of phenols is 1. The summed E-state index contributed by atoms with van der Waals surface area (Å²) in [4.78, 5) is 4.14. The van der Waals surface area contributed by atoms with E-state index in [2.05, 4.69) is 4.99 Å². The SMILES string of the molecule is NCC1=NCC(c2ccc(O)cc2)O1. The number of rotatable bonds is 2. The first-order valence-electron chi connectivity index (χ1n) is 4.48. The number of aromatic hydroxyl groups is 1. The molecule has 0 amide bonds. The molecule has 2 rings (SSSR count). The van der Waals surface area contributed by atoms with Gasteiger partial charge >= 0.3 is 0 Å². The van der Waals surface area contributed by atoms with E-state index in [4.69, 9.17) is 15.6 Å². The smallest absolute Gasteiger partial charge is 0.198 e. The van der Waals surface area contributed by atoms with Crippen LogP contribution in [0.2, 0.25) is 0 Å². The zero-order chi connectivity index (χ0) is 9.97. The van der Waals surface area contributed by atoms with E-state index < -0.39 is 0 Å². The van der Waals surface area contributed by atoms with E-state index in [1.54, 1.807) is 12.1 Å². The van der Waals surface area contributed by atoms with Gasteiger partial charge in [-0.25, -0.2) is 0 Å². The van der Waals surface area contributed by atoms with Gasteiger partial charge < -0.3 is 15.6 Å². The van der Waals surface area contributed by atoms with Crippen molar-refractivity contribution in [3.63, 3.8) is 0 Å². The predicted molar refractivity (Wildman–Crippen MR) is 53.3 cm³/mol. The van der Waals surface area contributed by atoms with Gasteiger partial charge in [-0.15, -0.1) is 0 Å². The Morgan fingerprint density at radius 2 is 2.14 bits per heavy atom. The lowest BCUT2D eigenvalue weighted by Gasteiger charge is -2.10. The maximum Gasteiger partial charge on any atom is 0.198 e. The van der Waals surface area contributed by atoms with Crippen molar-refractivity contribution in [1.29, 1.82) is 0 Å². The largest absolute Gasteiger partial charge is 0.508 e. The first-order valence-corrected chi connectivity index (χ1v) is 4.48. The number of nitrogens with zero attached hydrogens (tertiary/aromatic N) is 1. The van der Waals surface area contributed by atoms with Gasteiger partial charge in [0.05, 0.1) is 13.1 Å². The molecule has 0 aromatic heterocycles. The molecule has 1 aromatic rings. The van der Waals surface area contributed by atoms with Gasteiger partial charge in [0.2, 0.25) is 0 Å². The Balaban J connectivity index is 2.08. The number of nitrogens with two attached hydrogens (primary N) is 1. The number of phenolic OH excluding ortho intramolecular Hbond substituents is 1. The highest BCUT2D eigenvalue weighted by molar-refractivity contribution is 5.79. The van der Waals surface area contributed by atoms with E-state index in [1.165, 1.54) is 0 Å². The quantitative estimate of drug-likeness (QED) is 0.729. The summed E-state index contributed by atoms with van der Waals surface area (Å²) >= 11 is 0. The average molecular weight is 192 g/mol. The fourth-order valence-corrected chi connectivity index (χ4v) is 1.40. The molecule has 4 heteroatoms. The third-order valence-electron chi connectivity index (χ3n) is 2.15. The highest BCUT2D eigenvalue weighted by atomic mass is 16.5. The minimum Gasteiger partial charge on any atom is -0.508 e. The maximum atomic E-state index is 9.11. The number of hydrogen-bond acceptors (Lipinski definition) is 4. The normalized spacial score (nSPS) is 20.4. The number of ether oxygens (including phenoxy) is 1. The van der Waals surface area contributed by atoms with Crippen LogP contribution in [0.5, 0.6) is 5.75 Å². The predicted octanol–water partition coefficient (Wildman–Crippen LogP) is 0.821. The van der Waals surface area contributed by atoms with Crippen LogP contribution in [0.4, 0.5) is 0 Å². The molecule has 0 bridgehead atoms. The van der Waals surface area contributed by atoms with E-state index in [0.29, 0.717) is 19.0 Å². The van der Waals surface area contributed by atoms with Crippen LogP contribution in [-0.2, 0) is 4.74 Å². The van der Waals surface area contributed by atoms with Gasteiger partial charge in [0.25, 0.3) is 0 Å². The molecule has 14 heavy (non-hydrogen) atoms. The molecule has 1 atom stereocenters. The van der Waals surface area contributed by atoms with Crippen LogP contribution < -0.4 is 5.73 Å². The van der Waals surface area contributed by atoms with Gasteiger partial charge in [0, 0.05) is 0 Å². The third kappa shape index (κ3) is 1.70. The average Bonchev–Trinajstić information content (AvgIpc) is 2.67. The van der Waals surface area contributed by atoms with Gasteiger partial charge in [-0.05, 0) is 17.7 Å². The van der Waals surface area contributed by atoms with Crippen molar-refractivity contribution in [3.05, 3.63) is 29.8 Å². The summed E-state index contributed by atoms with van der Waals surface area (Å²) in [5.74, 6) is 0.856. The topological polar surface area (TPSA) is 67.8 Å². The summed E-state index contributed by atoms with van der Waals surface area (Å²) < 4.78 is 5.48. The van der Waals surface area contributed by atoms with E-state index in [-0.39, 0.29) is 11.9 Å². The zero-order valence-electron chi connectivity index (χ0n) is 7.68. The molecule has 0 aliphatic carbocycles. The van der Waals surface area contributed by atoms with Crippen molar-refractivity contribution in [2.75, 3.05) is 13.1 Å². The molecule has 3 N–H and O–H groups in total.